The lowest BCUT2D eigenvalue weighted by atomic mass is 10.1. The van der Waals surface area contributed by atoms with E-state index in [2.05, 4.69) is 16.2 Å². The molecule has 6 nitrogen and oxygen atoms in total. The lowest BCUT2D eigenvalue weighted by molar-refractivity contribution is -0.137. The highest BCUT2D eigenvalue weighted by atomic mass is 19.4. The molecule has 3 rings (SSSR count). The van der Waals surface area contributed by atoms with Crippen molar-refractivity contribution in [3.63, 3.8) is 0 Å². The van der Waals surface area contributed by atoms with Gasteiger partial charge in [0.2, 0.25) is 0 Å². The number of rotatable bonds is 6. The number of benzene rings is 1. The molecule has 0 saturated carbocycles. The molecular formula is C20H15F3N4O2. The zero-order valence-corrected chi connectivity index (χ0v) is 15.2. The number of alkyl halides is 3. The van der Waals surface area contributed by atoms with Gasteiger partial charge in [0.05, 0.1) is 24.6 Å². The second kappa shape index (κ2) is 8.48. The van der Waals surface area contributed by atoms with Crippen molar-refractivity contribution in [3.05, 3.63) is 77.2 Å². The highest BCUT2D eigenvalue weighted by molar-refractivity contribution is 5.78. The number of pyridine rings is 1. The van der Waals surface area contributed by atoms with Gasteiger partial charge in [0, 0.05) is 12.4 Å². The van der Waals surface area contributed by atoms with Gasteiger partial charge < -0.3 is 9.57 Å². The van der Waals surface area contributed by atoms with Crippen molar-refractivity contribution < 1.29 is 22.7 Å². The van der Waals surface area contributed by atoms with Crippen LogP contribution in [0.25, 0.3) is 5.82 Å². The average Bonchev–Trinajstić information content (AvgIpc) is 3.18. The molecule has 0 bridgehead atoms. The fraction of sp³-hybridized carbons (Fsp3) is 0.150. The summed E-state index contributed by atoms with van der Waals surface area (Å²) in [5, 5.41) is 13.2. The van der Waals surface area contributed by atoms with Gasteiger partial charge >= 0.3 is 6.18 Å². The Bertz CT molecular complexity index is 1070. The van der Waals surface area contributed by atoms with Crippen LogP contribution in [0, 0.1) is 11.3 Å². The molecule has 29 heavy (non-hydrogen) atoms. The minimum atomic E-state index is -4.41. The van der Waals surface area contributed by atoms with Crippen LogP contribution in [0.15, 0.2) is 60.0 Å². The van der Waals surface area contributed by atoms with Crippen LogP contribution in [0.2, 0.25) is 0 Å². The van der Waals surface area contributed by atoms with Crippen molar-refractivity contribution >= 4 is 6.21 Å². The van der Waals surface area contributed by atoms with Crippen molar-refractivity contribution in [3.8, 4) is 17.6 Å². The van der Waals surface area contributed by atoms with E-state index >= 15 is 0 Å². The predicted molar refractivity (Wildman–Crippen MR) is 98.7 cm³/mol. The molecule has 2 aromatic heterocycles. The van der Waals surface area contributed by atoms with E-state index in [9.17, 15) is 18.4 Å². The summed E-state index contributed by atoms with van der Waals surface area (Å²) in [6, 6.07) is 11.9. The molecule has 148 valence electrons. The van der Waals surface area contributed by atoms with Crippen molar-refractivity contribution in [2.24, 2.45) is 5.16 Å². The first-order valence-corrected chi connectivity index (χ1v) is 8.36. The van der Waals surface area contributed by atoms with E-state index in [4.69, 9.17) is 9.57 Å². The molecule has 1 aromatic carbocycles. The summed E-state index contributed by atoms with van der Waals surface area (Å²) < 4.78 is 45.1. The number of ether oxygens (including phenoxy) is 1. The summed E-state index contributed by atoms with van der Waals surface area (Å²) in [7, 11) is 1.46. The summed E-state index contributed by atoms with van der Waals surface area (Å²) in [6.07, 6.45) is 0.176. The second-order valence-electron chi connectivity index (χ2n) is 5.83. The Hall–Kier alpha value is -3.80. The first-order valence-electron chi connectivity index (χ1n) is 8.36. The molecule has 9 heteroatoms. The topological polar surface area (TPSA) is 72.4 Å². The van der Waals surface area contributed by atoms with Crippen molar-refractivity contribution in [1.82, 2.24) is 9.55 Å². The third-order valence-electron chi connectivity index (χ3n) is 3.98. The zero-order chi connectivity index (χ0) is 20.9. The monoisotopic (exact) mass is 400 g/mol. The van der Waals surface area contributed by atoms with E-state index < -0.39 is 11.7 Å². The normalized spacial score (nSPS) is 11.4. The van der Waals surface area contributed by atoms with Crippen LogP contribution < -0.4 is 4.74 Å². The van der Waals surface area contributed by atoms with Gasteiger partial charge in [-0.3, -0.25) is 4.57 Å². The minimum Gasteiger partial charge on any atom is -0.495 e. The Balaban J connectivity index is 1.75. The summed E-state index contributed by atoms with van der Waals surface area (Å²) in [6.45, 7) is -0.123. The number of nitrogens with zero attached hydrogens (tertiary/aromatic N) is 4. The second-order valence-corrected chi connectivity index (χ2v) is 5.83. The lowest BCUT2D eigenvalue weighted by Crippen LogP contribution is -2.05. The van der Waals surface area contributed by atoms with Gasteiger partial charge in [-0.2, -0.15) is 18.4 Å². The molecule has 0 aliphatic carbocycles. The first kappa shape index (κ1) is 19.9. The highest BCUT2D eigenvalue weighted by Gasteiger charge is 2.30. The van der Waals surface area contributed by atoms with Crippen molar-refractivity contribution in [2.75, 3.05) is 7.11 Å². The van der Waals surface area contributed by atoms with Crippen molar-refractivity contribution in [1.29, 1.82) is 5.26 Å². The fourth-order valence-corrected chi connectivity index (χ4v) is 2.62. The van der Waals surface area contributed by atoms with E-state index in [1.165, 1.54) is 31.7 Å². The third-order valence-corrected chi connectivity index (χ3v) is 3.98. The fourth-order valence-electron chi connectivity index (χ4n) is 2.62. The zero-order valence-electron chi connectivity index (χ0n) is 15.2. The van der Waals surface area contributed by atoms with Gasteiger partial charge in [-0.25, -0.2) is 4.98 Å². The van der Waals surface area contributed by atoms with Crippen LogP contribution in [-0.2, 0) is 17.6 Å². The number of methoxy groups -OCH3 is 1. The predicted octanol–water partition coefficient (Wildman–Crippen LogP) is 4.32. The molecule has 0 spiro atoms. The minimum absolute atomic E-state index is 0.123. The molecule has 2 heterocycles. The largest absolute Gasteiger partial charge is 0.495 e. The molecule has 0 saturated heterocycles. The van der Waals surface area contributed by atoms with Gasteiger partial charge in [-0.05, 0) is 35.9 Å². The van der Waals surface area contributed by atoms with E-state index in [-0.39, 0.29) is 12.2 Å². The molecule has 0 unspecified atom stereocenters. The maximum Gasteiger partial charge on any atom is 0.416 e. The smallest absolute Gasteiger partial charge is 0.416 e. The van der Waals surface area contributed by atoms with Crippen molar-refractivity contribution in [2.45, 2.75) is 12.8 Å². The Morgan fingerprint density at radius 1 is 1.24 bits per heavy atom. The SMILES string of the molecule is COc1ccnc(-n2cccc2C=NOCc2cccc(C(F)(F)F)c2)c1C#N. The standard InChI is InChI=1S/C20H15F3N4O2/c1-28-18-7-8-25-19(17(18)11-24)27-9-3-6-16(27)12-26-29-13-14-4-2-5-15(10-14)20(21,22)23/h2-10,12H,13H2,1H3. The van der Waals surface area contributed by atoms with Gasteiger partial charge in [0.25, 0.3) is 0 Å². The van der Waals surface area contributed by atoms with Gasteiger partial charge in [0.15, 0.2) is 5.82 Å². The van der Waals surface area contributed by atoms with Crippen LogP contribution in [0.1, 0.15) is 22.4 Å². The Morgan fingerprint density at radius 3 is 2.79 bits per heavy atom. The third kappa shape index (κ3) is 4.55. The summed E-state index contributed by atoms with van der Waals surface area (Å²) in [5.41, 5.74) is 0.412. The molecule has 0 radical (unpaired) electrons. The van der Waals surface area contributed by atoms with Gasteiger partial charge in [0.1, 0.15) is 24.0 Å². The molecule has 0 fully saturated rings. The van der Waals surface area contributed by atoms with E-state index in [1.54, 1.807) is 29.0 Å². The number of hydrogen-bond acceptors (Lipinski definition) is 5. The maximum atomic E-state index is 12.8. The Labute approximate surface area is 164 Å². The number of aromatic nitrogens is 2. The molecule has 0 N–H and O–H groups in total. The van der Waals surface area contributed by atoms with E-state index in [0.29, 0.717) is 22.8 Å². The van der Waals surface area contributed by atoms with Crippen LogP contribution in [0.4, 0.5) is 13.2 Å². The number of hydrogen-bond donors (Lipinski definition) is 0. The Morgan fingerprint density at radius 2 is 2.07 bits per heavy atom. The Kier molecular flexibility index (Phi) is 5.83. The molecular weight excluding hydrogens is 385 g/mol. The van der Waals surface area contributed by atoms with E-state index in [0.717, 1.165) is 12.1 Å². The quantitative estimate of drug-likeness (QED) is 0.456. The number of nitriles is 1. The first-order chi connectivity index (χ1) is 13.9. The molecule has 3 aromatic rings. The van der Waals surface area contributed by atoms with Crippen LogP contribution >= 0.6 is 0 Å². The van der Waals surface area contributed by atoms with Crippen LogP contribution in [0.3, 0.4) is 0 Å². The lowest BCUT2D eigenvalue weighted by Gasteiger charge is -2.10. The molecule has 0 aliphatic heterocycles. The molecule has 0 atom stereocenters. The van der Waals surface area contributed by atoms with Crippen LogP contribution in [0.5, 0.6) is 5.75 Å². The van der Waals surface area contributed by atoms with Gasteiger partial charge in [-0.1, -0.05) is 17.3 Å². The van der Waals surface area contributed by atoms with E-state index in [1.807, 2.05) is 0 Å². The summed E-state index contributed by atoms with van der Waals surface area (Å²) in [5.74, 6) is 0.742. The van der Waals surface area contributed by atoms with Crippen LogP contribution in [-0.4, -0.2) is 22.9 Å². The van der Waals surface area contributed by atoms with Gasteiger partial charge in [-0.15, -0.1) is 0 Å². The highest BCUT2D eigenvalue weighted by Crippen LogP contribution is 2.29. The summed E-state index contributed by atoms with van der Waals surface area (Å²) >= 11 is 0. The average molecular weight is 400 g/mol. The summed E-state index contributed by atoms with van der Waals surface area (Å²) in [4.78, 5) is 9.35. The molecule has 0 aliphatic rings. The number of oxime groups is 1. The maximum absolute atomic E-state index is 12.8. The number of halogens is 3. The molecule has 0 amide bonds.